The second kappa shape index (κ2) is 10.4. The molecule has 11 nitrogen and oxygen atoms in total. The number of hydrogen-bond acceptors (Lipinski definition) is 8. The van der Waals surface area contributed by atoms with Crippen molar-refractivity contribution in [2.75, 3.05) is 31.6 Å². The molecule has 0 aliphatic carbocycles. The van der Waals surface area contributed by atoms with Gasteiger partial charge in [0.15, 0.2) is 0 Å². The molecule has 2 N–H and O–H groups in total. The van der Waals surface area contributed by atoms with Crippen LogP contribution in [0.5, 0.6) is 0 Å². The van der Waals surface area contributed by atoms with Crippen molar-refractivity contribution in [1.29, 1.82) is 0 Å². The van der Waals surface area contributed by atoms with E-state index in [0.29, 0.717) is 36.8 Å². The van der Waals surface area contributed by atoms with Crippen molar-refractivity contribution >= 4 is 33.1 Å². The molecule has 4 heterocycles. The molecule has 0 spiro atoms. The lowest BCUT2D eigenvalue weighted by Gasteiger charge is -2.26. The highest BCUT2D eigenvalue weighted by Gasteiger charge is 2.26. The molecular formula is C24H24N6O5S2. The number of nitrogens with zero attached hydrogens (tertiary/aromatic N) is 4. The zero-order valence-corrected chi connectivity index (χ0v) is 21.5. The van der Waals surface area contributed by atoms with Gasteiger partial charge in [-0.3, -0.25) is 14.6 Å². The number of H-pyrrole nitrogens is 1. The Morgan fingerprint density at radius 3 is 2.59 bits per heavy atom. The van der Waals surface area contributed by atoms with Crippen LogP contribution in [0, 0.1) is 0 Å². The summed E-state index contributed by atoms with van der Waals surface area (Å²) < 4.78 is 33.7. The number of carbonyl (C=O) groups excluding carboxylic acids is 1. The number of aromatic amines is 1. The van der Waals surface area contributed by atoms with Crippen molar-refractivity contribution < 1.29 is 17.9 Å². The van der Waals surface area contributed by atoms with Gasteiger partial charge >= 0.3 is 0 Å². The molecule has 1 fully saturated rings. The maximum absolute atomic E-state index is 13.1. The number of amides is 1. The lowest BCUT2D eigenvalue weighted by molar-refractivity contribution is 0.0730. The zero-order chi connectivity index (χ0) is 26.0. The fourth-order valence-electron chi connectivity index (χ4n) is 3.85. The molecule has 1 aliphatic rings. The predicted octanol–water partition coefficient (Wildman–Crippen LogP) is 2.52. The Labute approximate surface area is 216 Å². The van der Waals surface area contributed by atoms with Crippen molar-refractivity contribution in [2.24, 2.45) is 0 Å². The third-order valence-corrected chi connectivity index (χ3v) is 8.60. The molecule has 37 heavy (non-hydrogen) atoms. The Morgan fingerprint density at radius 2 is 1.92 bits per heavy atom. The van der Waals surface area contributed by atoms with Gasteiger partial charge in [-0.2, -0.15) is 14.1 Å². The minimum atomic E-state index is -3.67. The van der Waals surface area contributed by atoms with E-state index >= 15 is 0 Å². The average Bonchev–Trinajstić information content (AvgIpc) is 3.59. The van der Waals surface area contributed by atoms with E-state index in [1.807, 2.05) is 24.4 Å². The van der Waals surface area contributed by atoms with Crippen LogP contribution >= 0.6 is 11.3 Å². The third kappa shape index (κ3) is 5.25. The molecule has 3 aromatic heterocycles. The summed E-state index contributed by atoms with van der Waals surface area (Å²) >= 11 is 1.49. The van der Waals surface area contributed by atoms with E-state index < -0.39 is 15.9 Å². The van der Waals surface area contributed by atoms with Gasteiger partial charge in [-0.25, -0.2) is 13.4 Å². The van der Waals surface area contributed by atoms with Crippen molar-refractivity contribution in [2.45, 2.75) is 18.2 Å². The minimum Gasteiger partial charge on any atom is -0.379 e. The number of carbonyl (C=O) groups is 1. The van der Waals surface area contributed by atoms with Gasteiger partial charge in [0.2, 0.25) is 16.0 Å². The Bertz CT molecular complexity index is 1570. The molecule has 1 saturated heterocycles. The Hall–Kier alpha value is -3.65. The molecule has 0 saturated carbocycles. The first-order chi connectivity index (χ1) is 17.8. The third-order valence-electron chi connectivity index (χ3n) is 5.79. The number of anilines is 1. The van der Waals surface area contributed by atoms with E-state index in [0.717, 1.165) is 4.88 Å². The molecule has 0 bridgehead atoms. The number of rotatable bonds is 7. The second-order valence-electron chi connectivity index (χ2n) is 8.21. The van der Waals surface area contributed by atoms with Crippen LogP contribution in [0.2, 0.25) is 0 Å². The summed E-state index contributed by atoms with van der Waals surface area (Å²) in [5.41, 5.74) is 1.11. The molecular weight excluding hydrogens is 516 g/mol. The summed E-state index contributed by atoms with van der Waals surface area (Å²) in [6, 6.07) is 12.6. The average molecular weight is 541 g/mol. The lowest BCUT2D eigenvalue weighted by atomic mass is 10.2. The van der Waals surface area contributed by atoms with Crippen LogP contribution in [0.25, 0.3) is 16.5 Å². The van der Waals surface area contributed by atoms with Crippen LogP contribution in [0.3, 0.4) is 0 Å². The van der Waals surface area contributed by atoms with Gasteiger partial charge < -0.3 is 10.1 Å². The normalized spacial score (nSPS) is 14.5. The first-order valence-electron chi connectivity index (χ1n) is 11.6. The summed E-state index contributed by atoms with van der Waals surface area (Å²) in [5, 5.41) is 9.30. The second-order valence-corrected chi connectivity index (χ2v) is 11.1. The monoisotopic (exact) mass is 540 g/mol. The highest BCUT2D eigenvalue weighted by Crippen LogP contribution is 2.28. The molecule has 4 aromatic rings. The number of ether oxygens (including phenoxy) is 1. The molecule has 1 aromatic carbocycles. The molecule has 5 rings (SSSR count). The topological polar surface area (TPSA) is 139 Å². The molecule has 1 amide bonds. The van der Waals surface area contributed by atoms with Crippen LogP contribution < -0.4 is 10.9 Å². The van der Waals surface area contributed by atoms with Gasteiger partial charge in [0.1, 0.15) is 11.5 Å². The molecule has 0 atom stereocenters. The van der Waals surface area contributed by atoms with Gasteiger partial charge in [-0.1, -0.05) is 13.0 Å². The molecule has 0 unspecified atom stereocenters. The van der Waals surface area contributed by atoms with Gasteiger partial charge in [-0.15, -0.1) is 11.3 Å². The van der Waals surface area contributed by atoms with E-state index in [9.17, 15) is 18.0 Å². The maximum atomic E-state index is 13.1. The van der Waals surface area contributed by atoms with Crippen molar-refractivity contribution in [3.63, 3.8) is 0 Å². The summed E-state index contributed by atoms with van der Waals surface area (Å²) in [6.45, 7) is 3.16. The van der Waals surface area contributed by atoms with Crippen LogP contribution in [-0.4, -0.2) is 64.7 Å². The first kappa shape index (κ1) is 25.0. The summed E-state index contributed by atoms with van der Waals surface area (Å²) in [4.78, 5) is 33.4. The fourth-order valence-corrected chi connectivity index (χ4v) is 5.94. The highest BCUT2D eigenvalue weighted by molar-refractivity contribution is 7.89. The largest absolute Gasteiger partial charge is 0.379 e. The minimum absolute atomic E-state index is 0.106. The van der Waals surface area contributed by atoms with E-state index in [1.54, 1.807) is 6.07 Å². The standard InChI is InChI=1S/C24H24N6O5S2/c1-2-17-14-22(31)27-24(25-17)30-21(15-19(28-30)20-4-3-13-36-20)26-23(32)16-5-7-18(8-6-16)37(33,34)29-9-11-35-12-10-29/h3-8,13-15H,2,9-12H2,1H3,(H,26,32)(H,25,27,31). The quantitative estimate of drug-likeness (QED) is 0.367. The Morgan fingerprint density at radius 1 is 1.16 bits per heavy atom. The number of aryl methyl sites for hydroxylation is 1. The lowest BCUT2D eigenvalue weighted by Crippen LogP contribution is -2.40. The molecule has 192 valence electrons. The number of benzene rings is 1. The zero-order valence-electron chi connectivity index (χ0n) is 19.9. The van der Waals surface area contributed by atoms with E-state index in [1.165, 1.54) is 50.7 Å². The number of thiophene rings is 1. The van der Waals surface area contributed by atoms with Gasteiger partial charge in [0.05, 0.1) is 23.0 Å². The van der Waals surface area contributed by atoms with Gasteiger partial charge in [-0.05, 0) is 42.1 Å². The summed E-state index contributed by atoms with van der Waals surface area (Å²) in [6.07, 6.45) is 0.553. The Kier molecular flexibility index (Phi) is 7.02. The number of aromatic nitrogens is 4. The van der Waals surface area contributed by atoms with Gasteiger partial charge in [0.25, 0.3) is 11.5 Å². The highest BCUT2D eigenvalue weighted by atomic mass is 32.2. The van der Waals surface area contributed by atoms with Crippen LogP contribution in [0.1, 0.15) is 23.0 Å². The predicted molar refractivity (Wildman–Crippen MR) is 139 cm³/mol. The maximum Gasteiger partial charge on any atom is 0.256 e. The fraction of sp³-hybridized carbons (Fsp3) is 0.250. The first-order valence-corrected chi connectivity index (χ1v) is 13.9. The molecule has 1 aliphatic heterocycles. The van der Waals surface area contributed by atoms with Crippen LogP contribution in [0.15, 0.2) is 63.6 Å². The number of sulfonamides is 1. The van der Waals surface area contributed by atoms with E-state index in [-0.39, 0.29) is 35.1 Å². The van der Waals surface area contributed by atoms with Crippen molar-refractivity contribution in [3.05, 3.63) is 75.5 Å². The Balaban J connectivity index is 1.44. The smallest absolute Gasteiger partial charge is 0.256 e. The van der Waals surface area contributed by atoms with Crippen molar-refractivity contribution in [3.8, 4) is 16.5 Å². The van der Waals surface area contributed by atoms with Crippen LogP contribution in [-0.2, 0) is 21.2 Å². The summed E-state index contributed by atoms with van der Waals surface area (Å²) in [7, 11) is -3.67. The molecule has 0 radical (unpaired) electrons. The van der Waals surface area contributed by atoms with E-state index in [2.05, 4.69) is 20.4 Å². The number of nitrogens with one attached hydrogen (secondary N) is 2. The van der Waals surface area contributed by atoms with E-state index in [4.69, 9.17) is 4.74 Å². The SMILES string of the molecule is CCc1cc(=O)[nH]c(-n2nc(-c3cccs3)cc2NC(=O)c2ccc(S(=O)(=O)N3CCOCC3)cc2)n1. The number of hydrogen-bond donors (Lipinski definition) is 2. The van der Waals surface area contributed by atoms with Crippen molar-refractivity contribution in [1.82, 2.24) is 24.1 Å². The number of morpholine rings is 1. The van der Waals surface area contributed by atoms with Crippen LogP contribution in [0.4, 0.5) is 5.82 Å². The summed E-state index contributed by atoms with van der Waals surface area (Å²) in [5.74, 6) is 0.00687. The van der Waals surface area contributed by atoms with Gasteiger partial charge in [0, 0.05) is 36.5 Å². The molecule has 13 heteroatoms.